The van der Waals surface area contributed by atoms with E-state index in [0.717, 1.165) is 26.0 Å². The van der Waals surface area contributed by atoms with Crippen LogP contribution < -0.4 is 14.8 Å². The molecule has 0 aliphatic rings. The molecule has 0 heterocycles. The van der Waals surface area contributed by atoms with Gasteiger partial charge >= 0.3 is 0 Å². The third-order valence-electron chi connectivity index (χ3n) is 4.59. The van der Waals surface area contributed by atoms with E-state index >= 15 is 0 Å². The van der Waals surface area contributed by atoms with Crippen LogP contribution in [0.1, 0.15) is 16.7 Å². The molecule has 1 amide bonds. The Bertz CT molecular complexity index is 1170. The van der Waals surface area contributed by atoms with Gasteiger partial charge in [-0.3, -0.25) is 4.79 Å². The predicted molar refractivity (Wildman–Crippen MR) is 133 cm³/mol. The van der Waals surface area contributed by atoms with Crippen LogP contribution >= 0.6 is 34.2 Å². The van der Waals surface area contributed by atoms with E-state index in [1.165, 1.54) is 0 Å². The SMILES string of the molecule is COc1ccc(CNC(=O)/C(C#N)=C\c2ccc(OCc3ccccc3Cl)c(I)c2)cc1. The Morgan fingerprint density at radius 3 is 2.56 bits per heavy atom. The van der Waals surface area contributed by atoms with Crippen molar-refractivity contribution in [2.75, 3.05) is 7.11 Å². The molecule has 0 saturated carbocycles. The van der Waals surface area contributed by atoms with Gasteiger partial charge in [0.25, 0.3) is 5.91 Å². The number of hydrogen-bond acceptors (Lipinski definition) is 4. The number of nitrogens with one attached hydrogen (secondary N) is 1. The minimum absolute atomic E-state index is 0.0269. The van der Waals surface area contributed by atoms with Crippen molar-refractivity contribution in [2.45, 2.75) is 13.2 Å². The summed E-state index contributed by atoms with van der Waals surface area (Å²) in [7, 11) is 1.60. The number of amides is 1. The molecule has 0 aliphatic carbocycles. The van der Waals surface area contributed by atoms with Crippen molar-refractivity contribution in [1.82, 2.24) is 5.32 Å². The van der Waals surface area contributed by atoms with Crippen LogP contribution in [0.5, 0.6) is 11.5 Å². The molecular weight excluding hydrogens is 539 g/mol. The normalized spacial score (nSPS) is 10.9. The second-order valence-electron chi connectivity index (χ2n) is 6.77. The van der Waals surface area contributed by atoms with Crippen LogP contribution in [0.25, 0.3) is 6.08 Å². The second kappa shape index (κ2) is 11.6. The van der Waals surface area contributed by atoms with Crippen LogP contribution in [-0.4, -0.2) is 13.0 Å². The van der Waals surface area contributed by atoms with Gasteiger partial charge < -0.3 is 14.8 Å². The topological polar surface area (TPSA) is 71.3 Å². The smallest absolute Gasteiger partial charge is 0.262 e. The van der Waals surface area contributed by atoms with Gasteiger partial charge in [-0.05, 0) is 70.1 Å². The Morgan fingerprint density at radius 2 is 1.91 bits per heavy atom. The average Bonchev–Trinajstić information content (AvgIpc) is 2.81. The van der Waals surface area contributed by atoms with E-state index in [4.69, 9.17) is 21.1 Å². The molecular formula is C25H20ClIN2O3. The van der Waals surface area contributed by atoms with E-state index in [2.05, 4.69) is 27.9 Å². The van der Waals surface area contributed by atoms with Gasteiger partial charge in [0.05, 0.1) is 10.7 Å². The van der Waals surface area contributed by atoms with Gasteiger partial charge in [0.2, 0.25) is 0 Å². The lowest BCUT2D eigenvalue weighted by molar-refractivity contribution is -0.117. The lowest BCUT2D eigenvalue weighted by atomic mass is 10.1. The van der Waals surface area contributed by atoms with E-state index in [-0.39, 0.29) is 5.57 Å². The highest BCUT2D eigenvalue weighted by Crippen LogP contribution is 2.25. The molecule has 0 bridgehead atoms. The van der Waals surface area contributed by atoms with Gasteiger partial charge in [0.1, 0.15) is 29.7 Å². The molecule has 0 unspecified atom stereocenters. The molecule has 0 spiro atoms. The van der Waals surface area contributed by atoms with Gasteiger partial charge in [-0.1, -0.05) is 48.0 Å². The molecule has 0 saturated heterocycles. The Labute approximate surface area is 205 Å². The number of nitrogens with zero attached hydrogens (tertiary/aromatic N) is 1. The Morgan fingerprint density at radius 1 is 1.16 bits per heavy atom. The Kier molecular flexibility index (Phi) is 8.54. The number of benzene rings is 3. The molecule has 3 rings (SSSR count). The molecule has 3 aromatic carbocycles. The highest BCUT2D eigenvalue weighted by atomic mass is 127. The first-order chi connectivity index (χ1) is 15.5. The molecule has 0 atom stereocenters. The van der Waals surface area contributed by atoms with Crippen LogP contribution in [-0.2, 0) is 17.9 Å². The molecule has 162 valence electrons. The maximum atomic E-state index is 12.5. The first kappa shape index (κ1) is 23.6. The summed E-state index contributed by atoms with van der Waals surface area (Å²) in [6.45, 7) is 0.663. The third-order valence-corrected chi connectivity index (χ3v) is 5.80. The summed E-state index contributed by atoms with van der Waals surface area (Å²) < 4.78 is 11.9. The summed E-state index contributed by atoms with van der Waals surface area (Å²) in [5, 5.41) is 12.9. The number of nitriles is 1. The fourth-order valence-corrected chi connectivity index (χ4v) is 3.72. The van der Waals surface area contributed by atoms with Gasteiger partial charge in [0, 0.05) is 17.1 Å². The standard InChI is InChI=1S/C25H20ClIN2O3/c1-31-21-9-6-17(7-10-21)15-29-25(30)20(14-28)12-18-8-11-24(23(27)13-18)32-16-19-4-2-3-5-22(19)26/h2-13H,15-16H2,1H3,(H,29,30)/b20-12-. The van der Waals surface area contributed by atoms with Crippen molar-refractivity contribution in [2.24, 2.45) is 0 Å². The Hall–Kier alpha value is -3.02. The second-order valence-corrected chi connectivity index (χ2v) is 8.34. The van der Waals surface area contributed by atoms with Gasteiger partial charge in [0.15, 0.2) is 0 Å². The quantitative estimate of drug-likeness (QED) is 0.217. The molecule has 0 aromatic heterocycles. The van der Waals surface area contributed by atoms with Crippen molar-refractivity contribution in [3.05, 3.63) is 97.6 Å². The van der Waals surface area contributed by atoms with Crippen LogP contribution in [0.15, 0.2) is 72.3 Å². The molecule has 3 aromatic rings. The summed E-state index contributed by atoms with van der Waals surface area (Å²) in [4.78, 5) is 12.5. The first-order valence-corrected chi connectivity index (χ1v) is 11.1. The van der Waals surface area contributed by atoms with E-state index < -0.39 is 5.91 Å². The highest BCUT2D eigenvalue weighted by molar-refractivity contribution is 14.1. The van der Waals surface area contributed by atoms with Crippen molar-refractivity contribution in [3.8, 4) is 17.6 Å². The number of halogens is 2. The summed E-state index contributed by atoms with van der Waals surface area (Å²) in [6, 6.07) is 22.3. The maximum Gasteiger partial charge on any atom is 0.262 e. The zero-order valence-electron chi connectivity index (χ0n) is 17.3. The fraction of sp³-hybridized carbons (Fsp3) is 0.120. The maximum absolute atomic E-state index is 12.5. The van der Waals surface area contributed by atoms with Crippen LogP contribution in [0, 0.1) is 14.9 Å². The van der Waals surface area contributed by atoms with Crippen molar-refractivity contribution in [3.63, 3.8) is 0 Å². The number of carbonyl (C=O) groups excluding carboxylic acids is 1. The summed E-state index contributed by atoms with van der Waals surface area (Å²) >= 11 is 8.34. The summed E-state index contributed by atoms with van der Waals surface area (Å²) in [6.07, 6.45) is 1.56. The zero-order valence-corrected chi connectivity index (χ0v) is 20.2. The molecule has 32 heavy (non-hydrogen) atoms. The number of rotatable bonds is 8. The van der Waals surface area contributed by atoms with Crippen LogP contribution in [0.4, 0.5) is 0 Å². The summed E-state index contributed by atoms with van der Waals surface area (Å²) in [5.74, 6) is 1.01. The minimum atomic E-state index is -0.433. The van der Waals surface area contributed by atoms with Crippen LogP contribution in [0.3, 0.4) is 0 Å². The largest absolute Gasteiger partial charge is 0.497 e. The highest BCUT2D eigenvalue weighted by Gasteiger charge is 2.10. The van der Waals surface area contributed by atoms with Gasteiger partial charge in [-0.25, -0.2) is 0 Å². The first-order valence-electron chi connectivity index (χ1n) is 9.69. The lowest BCUT2D eigenvalue weighted by Crippen LogP contribution is -2.23. The van der Waals surface area contributed by atoms with E-state index in [1.807, 2.05) is 66.7 Å². The van der Waals surface area contributed by atoms with Gasteiger partial charge in [-0.2, -0.15) is 5.26 Å². The molecule has 5 nitrogen and oxygen atoms in total. The van der Waals surface area contributed by atoms with E-state index in [9.17, 15) is 10.1 Å². The molecule has 7 heteroatoms. The molecule has 1 N–H and O–H groups in total. The van der Waals surface area contributed by atoms with Gasteiger partial charge in [-0.15, -0.1) is 0 Å². The monoisotopic (exact) mass is 558 g/mol. The number of carbonyl (C=O) groups is 1. The number of ether oxygens (including phenoxy) is 2. The zero-order chi connectivity index (χ0) is 22.9. The predicted octanol–water partition coefficient (Wildman–Crippen LogP) is 5.76. The van der Waals surface area contributed by atoms with Crippen molar-refractivity contribution in [1.29, 1.82) is 5.26 Å². The fourth-order valence-electron chi connectivity index (χ4n) is 2.83. The molecule has 0 radical (unpaired) electrons. The molecule has 0 fully saturated rings. The van der Waals surface area contributed by atoms with E-state index in [0.29, 0.717) is 23.9 Å². The lowest BCUT2D eigenvalue weighted by Gasteiger charge is -2.10. The number of hydrogen-bond donors (Lipinski definition) is 1. The molecule has 0 aliphatic heterocycles. The van der Waals surface area contributed by atoms with E-state index in [1.54, 1.807) is 19.3 Å². The third kappa shape index (κ3) is 6.49. The van der Waals surface area contributed by atoms with Crippen molar-refractivity contribution >= 4 is 46.2 Å². The summed E-state index contributed by atoms with van der Waals surface area (Å²) in [5.41, 5.74) is 2.56. The minimum Gasteiger partial charge on any atom is -0.497 e. The Balaban J connectivity index is 1.64. The number of methoxy groups -OCH3 is 1. The van der Waals surface area contributed by atoms with Crippen molar-refractivity contribution < 1.29 is 14.3 Å². The van der Waals surface area contributed by atoms with Crippen LogP contribution in [0.2, 0.25) is 5.02 Å². The average molecular weight is 559 g/mol.